The Morgan fingerprint density at radius 1 is 1.47 bits per heavy atom. The Morgan fingerprint density at radius 3 is 2.71 bits per heavy atom. The highest BCUT2D eigenvalue weighted by Crippen LogP contribution is 2.17. The van der Waals surface area contributed by atoms with Crippen LogP contribution in [0.15, 0.2) is 18.2 Å². The molecule has 17 heavy (non-hydrogen) atoms. The second-order valence-electron chi connectivity index (χ2n) is 2.88. The molecule has 0 heterocycles. The molecule has 0 aliphatic carbocycles. The molecule has 0 aromatic heterocycles. The zero-order valence-electron chi connectivity index (χ0n) is 8.76. The van der Waals surface area contributed by atoms with Crippen molar-refractivity contribution in [3.8, 4) is 17.9 Å². The number of benzene rings is 1. The molecule has 6 heteroatoms. The van der Waals surface area contributed by atoms with Gasteiger partial charge in [-0.15, -0.1) is 0 Å². The van der Waals surface area contributed by atoms with Crippen molar-refractivity contribution in [2.24, 2.45) is 0 Å². The molecule has 0 aliphatic rings. The van der Waals surface area contributed by atoms with E-state index in [9.17, 15) is 14.9 Å². The number of hydrogen-bond donors (Lipinski definition) is 0. The molecule has 0 spiro atoms. The molecule has 1 aromatic rings. The highest BCUT2D eigenvalue weighted by atomic mass is 16.6. The van der Waals surface area contributed by atoms with Crippen molar-refractivity contribution < 1.29 is 14.5 Å². The van der Waals surface area contributed by atoms with E-state index in [1.165, 1.54) is 19.2 Å². The lowest BCUT2D eigenvalue weighted by Crippen LogP contribution is -2.02. The summed E-state index contributed by atoms with van der Waals surface area (Å²) >= 11 is 0. The molecule has 6 nitrogen and oxygen atoms in total. The first-order valence-electron chi connectivity index (χ1n) is 4.36. The van der Waals surface area contributed by atoms with Crippen LogP contribution in [0.4, 0.5) is 5.69 Å². The van der Waals surface area contributed by atoms with Gasteiger partial charge in [-0.1, -0.05) is 5.92 Å². The smallest absolute Gasteiger partial charge is 0.338 e. The Bertz CT molecular complexity index is 575. The number of ether oxygens (including phenoxy) is 1. The lowest BCUT2D eigenvalue weighted by molar-refractivity contribution is -0.384. The van der Waals surface area contributed by atoms with E-state index >= 15 is 0 Å². The largest absolute Gasteiger partial charge is 0.465 e. The SMILES string of the molecule is COC(=O)c1cc(C#CC#N)cc([N+](=O)[O-])c1. The topological polar surface area (TPSA) is 93.2 Å². The monoisotopic (exact) mass is 230 g/mol. The van der Waals surface area contributed by atoms with Crippen LogP contribution in [-0.2, 0) is 4.74 Å². The van der Waals surface area contributed by atoms with Crippen molar-refractivity contribution in [1.29, 1.82) is 5.26 Å². The number of carbonyl (C=O) groups excluding carboxylic acids is 1. The van der Waals surface area contributed by atoms with Crippen LogP contribution in [0, 0.1) is 33.3 Å². The number of nitrogens with zero attached hydrogens (tertiary/aromatic N) is 2. The molecule has 1 rings (SSSR count). The van der Waals surface area contributed by atoms with E-state index in [1.807, 2.05) is 0 Å². The minimum atomic E-state index is -0.700. The lowest BCUT2D eigenvalue weighted by atomic mass is 10.1. The Kier molecular flexibility index (Phi) is 3.80. The molecule has 0 radical (unpaired) electrons. The van der Waals surface area contributed by atoms with Crippen LogP contribution in [0.25, 0.3) is 0 Å². The maximum absolute atomic E-state index is 11.3. The molecule has 0 fully saturated rings. The third kappa shape index (κ3) is 3.05. The van der Waals surface area contributed by atoms with Gasteiger partial charge in [-0.3, -0.25) is 10.1 Å². The van der Waals surface area contributed by atoms with Crippen LogP contribution in [0.1, 0.15) is 15.9 Å². The summed E-state index contributed by atoms with van der Waals surface area (Å²) in [5, 5.41) is 18.9. The summed E-state index contributed by atoms with van der Waals surface area (Å²) in [6, 6.07) is 5.17. The van der Waals surface area contributed by atoms with Gasteiger partial charge in [0, 0.05) is 23.6 Å². The van der Waals surface area contributed by atoms with Crippen molar-refractivity contribution >= 4 is 11.7 Å². The van der Waals surface area contributed by atoms with E-state index in [1.54, 1.807) is 6.07 Å². The molecule has 0 bridgehead atoms. The number of rotatable bonds is 2. The molecule has 0 aliphatic heterocycles. The fraction of sp³-hybridized carbons (Fsp3) is 0.0909. The van der Waals surface area contributed by atoms with Gasteiger partial charge in [-0.25, -0.2) is 4.79 Å². The van der Waals surface area contributed by atoms with E-state index in [-0.39, 0.29) is 16.8 Å². The van der Waals surface area contributed by atoms with Crippen LogP contribution in [0.3, 0.4) is 0 Å². The van der Waals surface area contributed by atoms with Crippen molar-refractivity contribution in [2.45, 2.75) is 0 Å². The van der Waals surface area contributed by atoms with E-state index in [0.29, 0.717) is 0 Å². The number of non-ortho nitro benzene ring substituents is 1. The molecule has 0 saturated carbocycles. The molecule has 0 unspecified atom stereocenters. The summed E-state index contributed by atoms with van der Waals surface area (Å²) in [5.74, 6) is 3.78. The van der Waals surface area contributed by atoms with Crippen molar-refractivity contribution in [3.63, 3.8) is 0 Å². The molecule has 0 amide bonds. The summed E-state index contributed by atoms with van der Waals surface area (Å²) in [6.07, 6.45) is 0. The molecule has 0 atom stereocenters. The maximum atomic E-state index is 11.3. The predicted molar refractivity (Wildman–Crippen MR) is 56.9 cm³/mol. The number of methoxy groups -OCH3 is 1. The van der Waals surface area contributed by atoms with Gasteiger partial charge in [0.1, 0.15) is 0 Å². The Morgan fingerprint density at radius 2 is 2.18 bits per heavy atom. The van der Waals surface area contributed by atoms with Crippen molar-refractivity contribution in [3.05, 3.63) is 39.4 Å². The van der Waals surface area contributed by atoms with Crippen LogP contribution < -0.4 is 0 Å². The normalized spacial score (nSPS) is 8.47. The van der Waals surface area contributed by atoms with Gasteiger partial charge in [-0.05, 0) is 6.07 Å². The first-order chi connectivity index (χ1) is 8.08. The second kappa shape index (κ2) is 5.29. The molecule has 84 valence electrons. The zero-order chi connectivity index (χ0) is 12.8. The first kappa shape index (κ1) is 12.2. The van der Waals surface area contributed by atoms with E-state index in [0.717, 1.165) is 6.07 Å². The minimum absolute atomic E-state index is 0.0175. The van der Waals surface area contributed by atoms with Gasteiger partial charge >= 0.3 is 5.97 Å². The summed E-state index contributed by atoms with van der Waals surface area (Å²) in [7, 11) is 1.17. The third-order valence-electron chi connectivity index (χ3n) is 1.81. The van der Waals surface area contributed by atoms with Gasteiger partial charge in [0.2, 0.25) is 0 Å². The highest BCUT2D eigenvalue weighted by Gasteiger charge is 2.14. The first-order valence-corrected chi connectivity index (χ1v) is 4.36. The number of nitro groups is 1. The number of hydrogen-bond acceptors (Lipinski definition) is 5. The summed E-state index contributed by atoms with van der Waals surface area (Å²) in [5.41, 5.74) is -0.0553. The summed E-state index contributed by atoms with van der Waals surface area (Å²) in [6.45, 7) is 0. The number of nitriles is 1. The van der Waals surface area contributed by atoms with Gasteiger partial charge < -0.3 is 4.74 Å². The van der Waals surface area contributed by atoms with Gasteiger partial charge in [0.05, 0.1) is 17.6 Å². The molecular formula is C11H6N2O4. The average Bonchev–Trinajstić information content (AvgIpc) is 2.34. The van der Waals surface area contributed by atoms with Crippen LogP contribution in [-0.4, -0.2) is 18.0 Å². The van der Waals surface area contributed by atoms with E-state index in [2.05, 4.69) is 16.6 Å². The predicted octanol–water partition coefficient (Wildman–Crippen LogP) is 1.26. The van der Waals surface area contributed by atoms with Crippen molar-refractivity contribution in [1.82, 2.24) is 0 Å². The van der Waals surface area contributed by atoms with Gasteiger partial charge in [-0.2, -0.15) is 5.26 Å². The zero-order valence-corrected chi connectivity index (χ0v) is 8.76. The van der Waals surface area contributed by atoms with Gasteiger partial charge in [0.25, 0.3) is 5.69 Å². The van der Waals surface area contributed by atoms with E-state index in [4.69, 9.17) is 5.26 Å². The summed E-state index contributed by atoms with van der Waals surface area (Å²) in [4.78, 5) is 21.2. The standard InChI is InChI=1S/C11H6N2O4/c1-17-11(14)9-5-8(3-2-4-12)6-10(7-9)13(15)16/h5-7H,1H3. The lowest BCUT2D eigenvalue weighted by Gasteiger charge is -2.00. The molecular weight excluding hydrogens is 224 g/mol. The number of nitro benzene ring substituents is 1. The quantitative estimate of drug-likeness (QED) is 0.330. The van der Waals surface area contributed by atoms with Crippen LogP contribution in [0.2, 0.25) is 0 Å². The van der Waals surface area contributed by atoms with Gasteiger partial charge in [0.15, 0.2) is 6.07 Å². The van der Waals surface area contributed by atoms with Crippen LogP contribution in [0.5, 0.6) is 0 Å². The fourth-order valence-electron chi connectivity index (χ4n) is 1.12. The second-order valence-corrected chi connectivity index (χ2v) is 2.88. The molecule has 1 aromatic carbocycles. The Hall–Kier alpha value is -2.86. The number of carbonyl (C=O) groups is 1. The summed E-state index contributed by atoms with van der Waals surface area (Å²) < 4.78 is 4.46. The molecule has 0 N–H and O–H groups in total. The van der Waals surface area contributed by atoms with Crippen LogP contribution >= 0.6 is 0 Å². The average molecular weight is 230 g/mol. The molecule has 0 saturated heterocycles. The minimum Gasteiger partial charge on any atom is -0.465 e. The van der Waals surface area contributed by atoms with E-state index < -0.39 is 10.9 Å². The number of esters is 1. The van der Waals surface area contributed by atoms with Crippen molar-refractivity contribution in [2.75, 3.05) is 7.11 Å². The third-order valence-corrected chi connectivity index (χ3v) is 1.81. The maximum Gasteiger partial charge on any atom is 0.338 e. The fourth-order valence-corrected chi connectivity index (χ4v) is 1.12. The Balaban J connectivity index is 3.34. The highest BCUT2D eigenvalue weighted by molar-refractivity contribution is 5.90. The Labute approximate surface area is 96.6 Å².